The van der Waals surface area contributed by atoms with Gasteiger partial charge in [0.15, 0.2) is 0 Å². The van der Waals surface area contributed by atoms with Gasteiger partial charge in [-0.1, -0.05) is 0 Å². The third-order valence-corrected chi connectivity index (χ3v) is 2.92. The number of amides is 1. The fraction of sp³-hybridized carbons (Fsp3) is 0.615. The van der Waals surface area contributed by atoms with E-state index in [-0.39, 0.29) is 5.91 Å². The van der Waals surface area contributed by atoms with Crippen molar-refractivity contribution >= 4 is 12.0 Å². The summed E-state index contributed by atoms with van der Waals surface area (Å²) in [5, 5.41) is 0. The Bertz CT molecular complexity index is 462. The third-order valence-electron chi connectivity index (χ3n) is 2.92. The molecule has 0 aliphatic carbocycles. The van der Waals surface area contributed by atoms with Crippen LogP contribution < -0.4 is 0 Å². The van der Waals surface area contributed by atoms with Gasteiger partial charge < -0.3 is 4.74 Å². The zero-order chi connectivity index (χ0) is 14.0. The second-order valence-corrected chi connectivity index (χ2v) is 5.64. The van der Waals surface area contributed by atoms with Crippen molar-refractivity contribution in [3.05, 3.63) is 18.7 Å². The number of ether oxygens (including phenoxy) is 1. The molecule has 1 aromatic heterocycles. The summed E-state index contributed by atoms with van der Waals surface area (Å²) in [6.45, 7) is 6.00. The zero-order valence-electron chi connectivity index (χ0n) is 11.5. The number of carbonyl (C=O) groups is 2. The molecule has 19 heavy (non-hydrogen) atoms. The fourth-order valence-electron chi connectivity index (χ4n) is 2.12. The average Bonchev–Trinajstić information content (AvgIpc) is 2.97. The van der Waals surface area contributed by atoms with Crippen LogP contribution in [0, 0.1) is 0 Å². The van der Waals surface area contributed by atoms with Crippen molar-refractivity contribution in [3.63, 3.8) is 0 Å². The predicted octanol–water partition coefficient (Wildman–Crippen LogP) is 1.92. The Morgan fingerprint density at radius 3 is 2.68 bits per heavy atom. The summed E-state index contributed by atoms with van der Waals surface area (Å²) in [7, 11) is 0. The largest absolute Gasteiger partial charge is 0.444 e. The highest BCUT2D eigenvalue weighted by Crippen LogP contribution is 2.22. The van der Waals surface area contributed by atoms with E-state index in [1.165, 1.54) is 15.8 Å². The summed E-state index contributed by atoms with van der Waals surface area (Å²) in [5.41, 5.74) is -0.553. The van der Waals surface area contributed by atoms with Gasteiger partial charge in [-0.25, -0.2) is 9.78 Å². The van der Waals surface area contributed by atoms with Gasteiger partial charge in [0.25, 0.3) is 5.91 Å². The number of imidazole rings is 1. The lowest BCUT2D eigenvalue weighted by atomic mass is 10.2. The minimum absolute atomic E-state index is 0.138. The maximum atomic E-state index is 12.3. The van der Waals surface area contributed by atoms with Gasteiger partial charge in [0.1, 0.15) is 18.0 Å². The van der Waals surface area contributed by atoms with Gasteiger partial charge in [0.2, 0.25) is 0 Å². The highest BCUT2D eigenvalue weighted by Gasteiger charge is 2.37. The van der Waals surface area contributed by atoms with Crippen LogP contribution in [-0.4, -0.2) is 44.6 Å². The molecule has 2 rings (SSSR count). The highest BCUT2D eigenvalue weighted by molar-refractivity contribution is 5.88. The van der Waals surface area contributed by atoms with Gasteiger partial charge in [-0.3, -0.25) is 14.3 Å². The van der Waals surface area contributed by atoms with E-state index in [4.69, 9.17) is 4.74 Å². The standard InChI is InChI=1S/C13H19N3O3/c1-13(2,3)19-12(18)16-7-4-5-10(16)11(17)15-8-6-14-9-15/h6,8-10H,4-5,7H2,1-3H3/t10-/m1/s1. The van der Waals surface area contributed by atoms with Crippen LogP contribution in [0.4, 0.5) is 4.79 Å². The molecule has 0 spiro atoms. The summed E-state index contributed by atoms with van der Waals surface area (Å²) < 4.78 is 6.74. The summed E-state index contributed by atoms with van der Waals surface area (Å²) in [6, 6.07) is -0.455. The first kappa shape index (κ1) is 13.6. The molecule has 1 saturated heterocycles. The Kier molecular flexibility index (Phi) is 3.59. The van der Waals surface area contributed by atoms with E-state index in [2.05, 4.69) is 4.98 Å². The molecule has 1 aliphatic rings. The van der Waals surface area contributed by atoms with Gasteiger partial charge in [0, 0.05) is 18.9 Å². The van der Waals surface area contributed by atoms with Gasteiger partial charge in [0.05, 0.1) is 0 Å². The van der Waals surface area contributed by atoms with Crippen molar-refractivity contribution in [2.75, 3.05) is 6.54 Å². The van der Waals surface area contributed by atoms with Gasteiger partial charge in [-0.05, 0) is 33.6 Å². The molecule has 6 heteroatoms. The van der Waals surface area contributed by atoms with Crippen molar-refractivity contribution in [2.45, 2.75) is 45.3 Å². The molecular weight excluding hydrogens is 246 g/mol. The minimum Gasteiger partial charge on any atom is -0.444 e. The number of hydrogen-bond acceptors (Lipinski definition) is 4. The van der Waals surface area contributed by atoms with Crippen molar-refractivity contribution in [1.29, 1.82) is 0 Å². The SMILES string of the molecule is CC(C)(C)OC(=O)N1CCC[C@@H]1C(=O)n1ccnc1. The normalized spacial score (nSPS) is 19.5. The lowest BCUT2D eigenvalue weighted by molar-refractivity contribution is 0.0210. The second kappa shape index (κ2) is 5.03. The smallest absolute Gasteiger partial charge is 0.410 e. The Balaban J connectivity index is 2.09. The summed E-state index contributed by atoms with van der Waals surface area (Å²) in [6.07, 6.45) is 5.64. The van der Waals surface area contributed by atoms with Crippen LogP contribution in [0.5, 0.6) is 0 Å². The van der Waals surface area contributed by atoms with Crippen LogP contribution in [0.15, 0.2) is 18.7 Å². The van der Waals surface area contributed by atoms with Crippen molar-refractivity contribution in [2.24, 2.45) is 0 Å². The molecular formula is C13H19N3O3. The Morgan fingerprint density at radius 2 is 2.11 bits per heavy atom. The number of likely N-dealkylation sites (tertiary alicyclic amines) is 1. The lowest BCUT2D eigenvalue weighted by Crippen LogP contribution is -2.44. The van der Waals surface area contributed by atoms with Gasteiger partial charge in [-0.15, -0.1) is 0 Å². The lowest BCUT2D eigenvalue weighted by Gasteiger charge is -2.27. The molecule has 0 aromatic carbocycles. The molecule has 0 unspecified atom stereocenters. The molecule has 6 nitrogen and oxygen atoms in total. The minimum atomic E-state index is -0.553. The molecule has 0 saturated carbocycles. The number of carbonyl (C=O) groups excluding carboxylic acids is 2. The molecule has 1 amide bonds. The summed E-state index contributed by atoms with van der Waals surface area (Å²) in [4.78, 5) is 29.7. The van der Waals surface area contributed by atoms with E-state index in [9.17, 15) is 9.59 Å². The van der Waals surface area contributed by atoms with E-state index in [0.29, 0.717) is 13.0 Å². The van der Waals surface area contributed by atoms with E-state index < -0.39 is 17.7 Å². The monoisotopic (exact) mass is 265 g/mol. The van der Waals surface area contributed by atoms with Crippen LogP contribution in [0.25, 0.3) is 0 Å². The molecule has 0 N–H and O–H groups in total. The van der Waals surface area contributed by atoms with Crippen molar-refractivity contribution in [3.8, 4) is 0 Å². The Hall–Kier alpha value is -1.85. The first-order chi connectivity index (χ1) is 8.88. The molecule has 1 fully saturated rings. The summed E-state index contributed by atoms with van der Waals surface area (Å²) >= 11 is 0. The van der Waals surface area contributed by atoms with Crippen LogP contribution >= 0.6 is 0 Å². The molecule has 1 aliphatic heterocycles. The average molecular weight is 265 g/mol. The van der Waals surface area contributed by atoms with E-state index in [1.807, 2.05) is 20.8 Å². The summed E-state index contributed by atoms with van der Waals surface area (Å²) in [5.74, 6) is -0.138. The highest BCUT2D eigenvalue weighted by atomic mass is 16.6. The van der Waals surface area contributed by atoms with Crippen molar-refractivity contribution in [1.82, 2.24) is 14.5 Å². The second-order valence-electron chi connectivity index (χ2n) is 5.64. The Morgan fingerprint density at radius 1 is 1.37 bits per heavy atom. The topological polar surface area (TPSA) is 64.4 Å². The maximum Gasteiger partial charge on any atom is 0.410 e. The molecule has 1 aromatic rings. The van der Waals surface area contributed by atoms with E-state index in [0.717, 1.165) is 6.42 Å². The fourth-order valence-corrected chi connectivity index (χ4v) is 2.12. The molecule has 0 bridgehead atoms. The Labute approximate surface area is 112 Å². The van der Waals surface area contributed by atoms with Crippen LogP contribution in [0.2, 0.25) is 0 Å². The van der Waals surface area contributed by atoms with E-state index in [1.54, 1.807) is 12.4 Å². The number of nitrogens with zero attached hydrogens (tertiary/aromatic N) is 3. The zero-order valence-corrected chi connectivity index (χ0v) is 11.5. The van der Waals surface area contributed by atoms with E-state index >= 15 is 0 Å². The number of hydrogen-bond donors (Lipinski definition) is 0. The quantitative estimate of drug-likeness (QED) is 0.778. The third kappa shape index (κ3) is 3.13. The molecule has 1 atom stereocenters. The van der Waals surface area contributed by atoms with Crippen LogP contribution in [0.3, 0.4) is 0 Å². The van der Waals surface area contributed by atoms with Crippen molar-refractivity contribution < 1.29 is 14.3 Å². The molecule has 0 radical (unpaired) electrons. The first-order valence-corrected chi connectivity index (χ1v) is 6.40. The molecule has 104 valence electrons. The van der Waals surface area contributed by atoms with Crippen LogP contribution in [0.1, 0.15) is 38.4 Å². The number of aromatic nitrogens is 2. The number of rotatable bonds is 1. The van der Waals surface area contributed by atoms with Crippen LogP contribution in [-0.2, 0) is 4.74 Å². The first-order valence-electron chi connectivity index (χ1n) is 6.40. The maximum absolute atomic E-state index is 12.3. The predicted molar refractivity (Wildman–Crippen MR) is 68.8 cm³/mol. The van der Waals surface area contributed by atoms with Gasteiger partial charge >= 0.3 is 6.09 Å². The molecule has 2 heterocycles. The van der Waals surface area contributed by atoms with Gasteiger partial charge in [-0.2, -0.15) is 0 Å².